The van der Waals surface area contributed by atoms with E-state index in [9.17, 15) is 0 Å². The van der Waals surface area contributed by atoms with Crippen molar-refractivity contribution in [1.82, 2.24) is 4.90 Å². The van der Waals surface area contributed by atoms with Crippen molar-refractivity contribution in [2.75, 3.05) is 65.9 Å². The zero-order valence-electron chi connectivity index (χ0n) is 22.1. The van der Waals surface area contributed by atoms with Gasteiger partial charge >= 0.3 is 0 Å². The molecule has 0 radical (unpaired) electrons. The number of likely N-dealkylation sites (tertiary alicyclic amines) is 1. The monoisotopic (exact) mass is 475 g/mol. The molecule has 0 aromatic rings. The van der Waals surface area contributed by atoms with E-state index in [4.69, 9.17) is 28.7 Å². The van der Waals surface area contributed by atoms with Crippen molar-refractivity contribution < 1.29 is 28.7 Å². The number of ether oxygens (including phenoxy) is 4. The molecule has 0 aliphatic carbocycles. The molecule has 1 saturated heterocycles. The average Bonchev–Trinajstić information content (AvgIpc) is 3.20. The molecule has 1 aliphatic heterocycles. The second-order valence-electron chi connectivity index (χ2n) is 9.21. The lowest BCUT2D eigenvalue weighted by Gasteiger charge is -2.26. The Morgan fingerprint density at radius 3 is 2.24 bits per heavy atom. The summed E-state index contributed by atoms with van der Waals surface area (Å²) in [5.74, 6) is 0. The first-order chi connectivity index (χ1) is 16.2. The molecule has 1 rings (SSSR count). The molecule has 33 heavy (non-hydrogen) atoms. The van der Waals surface area contributed by atoms with Gasteiger partial charge in [-0.2, -0.15) is 0 Å². The maximum absolute atomic E-state index is 5.90. The Labute approximate surface area is 203 Å². The maximum Gasteiger partial charge on any atom is 0.129 e. The van der Waals surface area contributed by atoms with Crippen LogP contribution in [0.1, 0.15) is 85.5 Å². The number of hydrogen-bond donors (Lipinski definition) is 0. The quantitative estimate of drug-likeness (QED) is 0.110. The van der Waals surface area contributed by atoms with Gasteiger partial charge < -0.3 is 18.9 Å². The fourth-order valence-electron chi connectivity index (χ4n) is 4.02. The minimum absolute atomic E-state index is 0.0698. The topological polar surface area (TPSA) is 58.6 Å². The molecule has 1 heterocycles. The summed E-state index contributed by atoms with van der Waals surface area (Å²) in [4.78, 5) is 13.6. The van der Waals surface area contributed by atoms with Gasteiger partial charge in [0.25, 0.3) is 0 Å². The first kappa shape index (κ1) is 30.8. The van der Waals surface area contributed by atoms with Crippen molar-refractivity contribution in [1.29, 1.82) is 0 Å². The van der Waals surface area contributed by atoms with Crippen LogP contribution in [0.2, 0.25) is 0 Å². The van der Waals surface area contributed by atoms with Gasteiger partial charge in [0.1, 0.15) is 12.7 Å². The highest BCUT2D eigenvalue weighted by atomic mass is 17.2. The third-order valence-electron chi connectivity index (χ3n) is 6.04. The minimum Gasteiger partial charge on any atom is -0.379 e. The van der Waals surface area contributed by atoms with E-state index in [0.29, 0.717) is 58.4 Å². The zero-order valence-corrected chi connectivity index (χ0v) is 22.1. The molecule has 0 saturated carbocycles. The highest BCUT2D eigenvalue weighted by molar-refractivity contribution is 4.77. The normalized spacial score (nSPS) is 18.7. The number of hydrogen-bond acceptors (Lipinski definition) is 7. The lowest BCUT2D eigenvalue weighted by atomic mass is 10.2. The molecule has 3 atom stereocenters. The molecule has 7 heteroatoms. The first-order valence-electron chi connectivity index (χ1n) is 13.5. The first-order valence-corrected chi connectivity index (χ1v) is 13.5. The highest BCUT2D eigenvalue weighted by Gasteiger charge is 2.24. The van der Waals surface area contributed by atoms with Crippen molar-refractivity contribution in [2.24, 2.45) is 0 Å². The molecular formula is C26H53NO6. The van der Waals surface area contributed by atoms with Crippen LogP contribution in [0.25, 0.3) is 0 Å². The van der Waals surface area contributed by atoms with E-state index < -0.39 is 0 Å². The van der Waals surface area contributed by atoms with Crippen LogP contribution in [-0.4, -0.2) is 89.1 Å². The van der Waals surface area contributed by atoms with Gasteiger partial charge in [0.15, 0.2) is 0 Å². The molecule has 1 fully saturated rings. The fraction of sp³-hybridized carbons (Fsp3) is 1.00. The molecule has 0 bridgehead atoms. The lowest BCUT2D eigenvalue weighted by Crippen LogP contribution is -2.38. The molecule has 1 aliphatic rings. The van der Waals surface area contributed by atoms with Gasteiger partial charge in [0, 0.05) is 19.2 Å². The van der Waals surface area contributed by atoms with Crippen molar-refractivity contribution in [2.45, 2.75) is 104 Å². The van der Waals surface area contributed by atoms with Gasteiger partial charge in [-0.25, -0.2) is 9.78 Å². The van der Waals surface area contributed by atoms with E-state index in [2.05, 4.69) is 32.6 Å². The third kappa shape index (κ3) is 17.8. The third-order valence-corrected chi connectivity index (χ3v) is 6.04. The summed E-state index contributed by atoms with van der Waals surface area (Å²) in [5.41, 5.74) is 0. The Morgan fingerprint density at radius 2 is 1.55 bits per heavy atom. The van der Waals surface area contributed by atoms with Crippen LogP contribution in [0.15, 0.2) is 0 Å². The summed E-state index contributed by atoms with van der Waals surface area (Å²) in [7, 11) is 0. The van der Waals surface area contributed by atoms with Crippen LogP contribution in [0.3, 0.4) is 0 Å². The van der Waals surface area contributed by atoms with E-state index in [1.807, 2.05) is 0 Å². The van der Waals surface area contributed by atoms with E-state index in [-0.39, 0.29) is 6.10 Å². The van der Waals surface area contributed by atoms with Crippen LogP contribution in [0.4, 0.5) is 0 Å². The number of nitrogens with zero attached hydrogens (tertiary/aromatic N) is 1. The SMILES string of the molecule is CCCCCCCOCC(CN1CCCC1C)OOCCOCCOCCO[C@H](C)CCC. The minimum atomic E-state index is -0.0698. The molecule has 0 N–H and O–H groups in total. The van der Waals surface area contributed by atoms with Gasteiger partial charge in [-0.15, -0.1) is 0 Å². The van der Waals surface area contributed by atoms with Gasteiger partial charge in [0.2, 0.25) is 0 Å². The number of unbranched alkanes of at least 4 members (excludes halogenated alkanes) is 4. The van der Waals surface area contributed by atoms with E-state index in [1.165, 1.54) is 38.5 Å². The summed E-state index contributed by atoms with van der Waals surface area (Å²) >= 11 is 0. The van der Waals surface area contributed by atoms with Crippen LogP contribution >= 0.6 is 0 Å². The van der Waals surface area contributed by atoms with Crippen molar-refractivity contribution in [3.05, 3.63) is 0 Å². The number of rotatable bonds is 24. The predicted octanol–water partition coefficient (Wildman–Crippen LogP) is 5.01. The standard InChI is InChI=1S/C26H53NO6/c1-5-7-8-9-10-15-30-23-26(22-27-14-11-13-24(27)3)33-32-21-19-29-17-16-28-18-20-31-25(4)12-6-2/h24-26H,5-23H2,1-4H3/t24?,25-,26?/m1/s1. The fourth-order valence-corrected chi connectivity index (χ4v) is 4.02. The van der Waals surface area contributed by atoms with Gasteiger partial charge in [-0.05, 0) is 46.1 Å². The second kappa shape index (κ2) is 22.2. The Hall–Kier alpha value is -0.280. The lowest BCUT2D eigenvalue weighted by molar-refractivity contribution is -0.335. The molecule has 0 amide bonds. The predicted molar refractivity (Wildman–Crippen MR) is 133 cm³/mol. The maximum atomic E-state index is 5.90. The molecule has 0 aromatic heterocycles. The molecule has 198 valence electrons. The van der Waals surface area contributed by atoms with Gasteiger partial charge in [0.05, 0.1) is 45.7 Å². The second-order valence-corrected chi connectivity index (χ2v) is 9.21. The highest BCUT2D eigenvalue weighted by Crippen LogP contribution is 2.17. The largest absolute Gasteiger partial charge is 0.379 e. The summed E-state index contributed by atoms with van der Waals surface area (Å²) in [6.45, 7) is 15.4. The summed E-state index contributed by atoms with van der Waals surface area (Å²) in [6, 6.07) is 0.605. The Morgan fingerprint density at radius 1 is 0.818 bits per heavy atom. The van der Waals surface area contributed by atoms with Gasteiger partial charge in [-0.3, -0.25) is 4.90 Å². The molecular weight excluding hydrogens is 422 g/mol. The Bertz CT molecular complexity index is 414. The smallest absolute Gasteiger partial charge is 0.129 e. The van der Waals surface area contributed by atoms with E-state index in [1.54, 1.807) is 0 Å². The molecule has 0 aromatic carbocycles. The van der Waals surface area contributed by atoms with Crippen molar-refractivity contribution >= 4 is 0 Å². The zero-order chi connectivity index (χ0) is 24.0. The Balaban J connectivity index is 2.05. The van der Waals surface area contributed by atoms with Crippen LogP contribution in [0, 0.1) is 0 Å². The van der Waals surface area contributed by atoms with Crippen molar-refractivity contribution in [3.63, 3.8) is 0 Å². The van der Waals surface area contributed by atoms with Crippen LogP contribution in [0.5, 0.6) is 0 Å². The summed E-state index contributed by atoms with van der Waals surface area (Å²) in [6.07, 6.45) is 11.2. The molecule has 0 spiro atoms. The van der Waals surface area contributed by atoms with E-state index in [0.717, 1.165) is 39.0 Å². The van der Waals surface area contributed by atoms with E-state index >= 15 is 0 Å². The van der Waals surface area contributed by atoms with Crippen LogP contribution in [-0.2, 0) is 28.7 Å². The summed E-state index contributed by atoms with van der Waals surface area (Å²) in [5, 5.41) is 0. The average molecular weight is 476 g/mol. The van der Waals surface area contributed by atoms with Crippen LogP contribution < -0.4 is 0 Å². The van der Waals surface area contributed by atoms with Gasteiger partial charge in [-0.1, -0.05) is 46.0 Å². The van der Waals surface area contributed by atoms with Crippen molar-refractivity contribution in [3.8, 4) is 0 Å². The Kier molecular flexibility index (Phi) is 20.7. The summed E-state index contributed by atoms with van der Waals surface area (Å²) < 4.78 is 22.7. The molecule has 7 nitrogen and oxygen atoms in total. The molecule has 2 unspecified atom stereocenters.